The van der Waals surface area contributed by atoms with Gasteiger partial charge in [-0.3, -0.25) is 14.4 Å². The predicted molar refractivity (Wildman–Crippen MR) is 123 cm³/mol. The third-order valence-corrected chi connectivity index (χ3v) is 8.18. The van der Waals surface area contributed by atoms with Crippen LogP contribution in [0.2, 0.25) is 0 Å². The zero-order valence-electron chi connectivity index (χ0n) is 18.2. The van der Waals surface area contributed by atoms with Gasteiger partial charge in [0.1, 0.15) is 30.6 Å². The molecule has 4 unspecified atom stereocenters. The fourth-order valence-corrected chi connectivity index (χ4v) is 6.32. The number of aromatic nitrogens is 2. The summed E-state index contributed by atoms with van der Waals surface area (Å²) in [6.45, 7) is 2.04. The van der Waals surface area contributed by atoms with Crippen LogP contribution in [-0.2, 0) is 14.3 Å². The lowest BCUT2D eigenvalue weighted by Crippen LogP contribution is -2.54. The average Bonchev–Trinajstić information content (AvgIpc) is 3.59. The SMILES string of the molecule is Cc1nccc(-c2ccc(C(=O)NC(C(=O)N3CC(Cl)C4OCC(=O)C43)C3CCCC3)s2)n1. The van der Waals surface area contributed by atoms with E-state index in [-0.39, 0.29) is 36.7 Å². The number of alkyl halides is 1. The second-order valence-corrected chi connectivity index (χ2v) is 10.5. The van der Waals surface area contributed by atoms with E-state index in [4.69, 9.17) is 16.3 Å². The van der Waals surface area contributed by atoms with Crippen molar-refractivity contribution in [3.63, 3.8) is 0 Å². The molecule has 2 aromatic rings. The molecule has 8 nitrogen and oxygen atoms in total. The number of hydrogen-bond donors (Lipinski definition) is 1. The van der Waals surface area contributed by atoms with E-state index in [2.05, 4.69) is 15.3 Å². The molecule has 4 heterocycles. The standard InChI is InChI=1S/C23H25ClN4O4S/c1-12-25-9-8-15(26-12)17-6-7-18(33-17)22(30)27-19(13-4-2-3-5-13)23(31)28-10-14(24)21-20(28)16(29)11-32-21/h6-9,13-14,19-21H,2-5,10-11H2,1H3,(H,27,30). The summed E-state index contributed by atoms with van der Waals surface area (Å²) in [5, 5.41) is 2.56. The number of ether oxygens (including phenoxy) is 1. The van der Waals surface area contributed by atoms with E-state index < -0.39 is 23.6 Å². The van der Waals surface area contributed by atoms with Crippen LogP contribution in [0.15, 0.2) is 24.4 Å². The Hall–Kier alpha value is -2.36. The van der Waals surface area contributed by atoms with Gasteiger partial charge in [-0.15, -0.1) is 22.9 Å². The second kappa shape index (κ2) is 9.12. The fraction of sp³-hybridized carbons (Fsp3) is 0.522. The maximum Gasteiger partial charge on any atom is 0.262 e. The smallest absolute Gasteiger partial charge is 0.262 e. The molecule has 1 N–H and O–H groups in total. The van der Waals surface area contributed by atoms with Crippen LogP contribution < -0.4 is 5.32 Å². The number of rotatable bonds is 5. The molecule has 2 aromatic heterocycles. The number of hydrogen-bond acceptors (Lipinski definition) is 7. The first-order chi connectivity index (χ1) is 15.9. The first-order valence-corrected chi connectivity index (χ1v) is 12.5. The number of Topliss-reactive ketones (excluding diaryl/α,β-unsaturated/α-hetero) is 1. The number of nitrogens with zero attached hydrogens (tertiary/aromatic N) is 3. The van der Waals surface area contributed by atoms with E-state index in [0.717, 1.165) is 36.3 Å². The minimum absolute atomic E-state index is 0.0245. The van der Waals surface area contributed by atoms with Crippen LogP contribution in [0.4, 0.5) is 0 Å². The topological polar surface area (TPSA) is 101 Å². The van der Waals surface area contributed by atoms with Crippen LogP contribution in [-0.4, -0.2) is 69.2 Å². The zero-order valence-corrected chi connectivity index (χ0v) is 19.8. The lowest BCUT2D eigenvalue weighted by atomic mass is 9.96. The average molecular weight is 489 g/mol. The summed E-state index contributed by atoms with van der Waals surface area (Å²) in [5.74, 6) is 0.0299. The van der Waals surface area contributed by atoms with Gasteiger partial charge in [0, 0.05) is 12.7 Å². The molecule has 0 bridgehead atoms. The van der Waals surface area contributed by atoms with E-state index >= 15 is 0 Å². The highest BCUT2D eigenvalue weighted by atomic mass is 35.5. The summed E-state index contributed by atoms with van der Waals surface area (Å²) in [6, 6.07) is 4.06. The molecule has 2 saturated heterocycles. The Morgan fingerprint density at radius 1 is 1.27 bits per heavy atom. The van der Waals surface area contributed by atoms with Crippen molar-refractivity contribution in [3.05, 3.63) is 35.1 Å². The molecule has 3 fully saturated rings. The van der Waals surface area contributed by atoms with E-state index in [1.165, 1.54) is 16.2 Å². The molecule has 1 aliphatic carbocycles. The lowest BCUT2D eigenvalue weighted by molar-refractivity contribution is -0.139. The van der Waals surface area contributed by atoms with Gasteiger partial charge >= 0.3 is 0 Å². The van der Waals surface area contributed by atoms with Crippen molar-refractivity contribution in [2.75, 3.05) is 13.2 Å². The van der Waals surface area contributed by atoms with Crippen LogP contribution in [0.5, 0.6) is 0 Å². The molecule has 10 heteroatoms. The Morgan fingerprint density at radius 3 is 2.82 bits per heavy atom. The molecular formula is C23H25ClN4O4S. The minimum atomic E-state index is -0.692. The van der Waals surface area contributed by atoms with Crippen molar-refractivity contribution < 1.29 is 19.1 Å². The van der Waals surface area contributed by atoms with E-state index in [1.54, 1.807) is 18.3 Å². The highest BCUT2D eigenvalue weighted by molar-refractivity contribution is 7.17. The highest BCUT2D eigenvalue weighted by Crippen LogP contribution is 2.35. The molecule has 1 saturated carbocycles. The number of carbonyl (C=O) groups is 3. The molecule has 3 aliphatic rings. The summed E-state index contributed by atoms with van der Waals surface area (Å²) < 4.78 is 5.52. The van der Waals surface area contributed by atoms with Gasteiger partial charge in [-0.05, 0) is 43.9 Å². The third-order valence-electron chi connectivity index (χ3n) is 6.69. The Bertz CT molecular complexity index is 1090. The van der Waals surface area contributed by atoms with Crippen LogP contribution in [0, 0.1) is 12.8 Å². The molecule has 0 spiro atoms. The van der Waals surface area contributed by atoms with Crippen molar-refractivity contribution >= 4 is 40.5 Å². The van der Waals surface area contributed by atoms with Crippen molar-refractivity contribution in [3.8, 4) is 10.6 Å². The number of carbonyl (C=O) groups excluding carboxylic acids is 3. The predicted octanol–water partition coefficient (Wildman–Crippen LogP) is 2.59. The Kier molecular flexibility index (Phi) is 6.20. The van der Waals surface area contributed by atoms with Crippen molar-refractivity contribution in [2.24, 2.45) is 5.92 Å². The van der Waals surface area contributed by atoms with Gasteiger partial charge in [0.2, 0.25) is 5.91 Å². The summed E-state index contributed by atoms with van der Waals surface area (Å²) >= 11 is 7.71. The molecule has 4 atom stereocenters. The van der Waals surface area contributed by atoms with Gasteiger partial charge in [0.05, 0.1) is 20.8 Å². The number of fused-ring (bicyclic) bond motifs is 1. The van der Waals surface area contributed by atoms with Gasteiger partial charge < -0.3 is 15.0 Å². The van der Waals surface area contributed by atoms with Crippen LogP contribution in [0.25, 0.3) is 10.6 Å². The second-order valence-electron chi connectivity index (χ2n) is 8.84. The highest BCUT2D eigenvalue weighted by Gasteiger charge is 2.53. The van der Waals surface area contributed by atoms with Crippen LogP contribution in [0.1, 0.15) is 41.2 Å². The maximum absolute atomic E-state index is 13.6. The van der Waals surface area contributed by atoms with E-state index in [0.29, 0.717) is 10.7 Å². The van der Waals surface area contributed by atoms with Crippen molar-refractivity contribution in [1.82, 2.24) is 20.2 Å². The monoisotopic (exact) mass is 488 g/mol. The number of nitrogens with one attached hydrogen (secondary N) is 1. The van der Waals surface area contributed by atoms with Crippen molar-refractivity contribution in [2.45, 2.75) is 56.2 Å². The van der Waals surface area contributed by atoms with Crippen LogP contribution >= 0.6 is 22.9 Å². The summed E-state index contributed by atoms with van der Waals surface area (Å²) in [6.07, 6.45) is 4.98. The lowest BCUT2D eigenvalue weighted by Gasteiger charge is -2.30. The van der Waals surface area contributed by atoms with E-state index in [1.807, 2.05) is 13.0 Å². The number of aryl methyl sites for hydroxylation is 1. The van der Waals surface area contributed by atoms with Crippen LogP contribution in [0.3, 0.4) is 0 Å². The normalized spacial score (nSPS) is 25.9. The van der Waals surface area contributed by atoms with Crippen molar-refractivity contribution in [1.29, 1.82) is 0 Å². The number of thiophene rings is 1. The van der Waals surface area contributed by atoms with Gasteiger partial charge in [-0.25, -0.2) is 9.97 Å². The summed E-state index contributed by atoms with van der Waals surface area (Å²) in [4.78, 5) is 50.6. The van der Waals surface area contributed by atoms with Gasteiger partial charge in [0.25, 0.3) is 5.91 Å². The summed E-state index contributed by atoms with van der Waals surface area (Å²) in [7, 11) is 0. The maximum atomic E-state index is 13.6. The molecule has 33 heavy (non-hydrogen) atoms. The van der Waals surface area contributed by atoms with Gasteiger partial charge in [0.15, 0.2) is 5.78 Å². The minimum Gasteiger partial charge on any atom is -0.366 e. The first-order valence-electron chi connectivity index (χ1n) is 11.2. The summed E-state index contributed by atoms with van der Waals surface area (Å²) in [5.41, 5.74) is 0.756. The zero-order chi connectivity index (χ0) is 23.1. The molecule has 174 valence electrons. The van der Waals surface area contributed by atoms with Gasteiger partial charge in [-0.1, -0.05) is 12.8 Å². The number of likely N-dealkylation sites (tertiary alicyclic amines) is 1. The Morgan fingerprint density at radius 2 is 2.06 bits per heavy atom. The third kappa shape index (κ3) is 4.29. The fourth-order valence-electron chi connectivity index (χ4n) is 5.08. The largest absolute Gasteiger partial charge is 0.366 e. The molecule has 2 amide bonds. The molecule has 5 rings (SSSR count). The first kappa shape index (κ1) is 22.4. The quantitative estimate of drug-likeness (QED) is 0.649. The molecule has 0 radical (unpaired) electrons. The molecular weight excluding hydrogens is 464 g/mol. The number of halogens is 1. The van der Waals surface area contributed by atoms with Gasteiger partial charge in [-0.2, -0.15) is 0 Å². The Labute approximate surface area is 200 Å². The molecule has 2 aliphatic heterocycles. The number of amides is 2. The molecule has 0 aromatic carbocycles. The number of ketones is 1. The Balaban J connectivity index is 1.36. The van der Waals surface area contributed by atoms with E-state index in [9.17, 15) is 14.4 Å².